The molecule has 3 nitrogen and oxygen atoms in total. The van der Waals surface area contributed by atoms with Crippen LogP contribution in [0.5, 0.6) is 5.75 Å². The number of carbonyl (C=O) groups is 1. The number of ether oxygens (including phenoxy) is 2. The smallest absolute Gasteiger partial charge is 0.142 e. The van der Waals surface area contributed by atoms with Crippen LogP contribution < -0.4 is 4.74 Å². The van der Waals surface area contributed by atoms with E-state index in [4.69, 9.17) is 9.47 Å². The van der Waals surface area contributed by atoms with Crippen LogP contribution in [0, 0.1) is 0 Å². The van der Waals surface area contributed by atoms with Gasteiger partial charge in [0.2, 0.25) is 0 Å². The molecule has 0 saturated heterocycles. The normalized spacial score (nSPS) is 11.1. The van der Waals surface area contributed by atoms with Gasteiger partial charge in [-0.2, -0.15) is 0 Å². The summed E-state index contributed by atoms with van der Waals surface area (Å²) in [7, 11) is 1.65. The van der Waals surface area contributed by atoms with E-state index < -0.39 is 0 Å². The Bertz CT molecular complexity index is 480. The molecule has 3 heteroatoms. The van der Waals surface area contributed by atoms with Gasteiger partial charge in [-0.25, -0.2) is 0 Å². The maximum atomic E-state index is 10.7. The zero-order valence-corrected chi connectivity index (χ0v) is 13.1. The van der Waals surface area contributed by atoms with Crippen LogP contribution in [0.25, 0.3) is 0 Å². The SMILES string of the molecule is COc1ccc(COC/C(=C\C=O)CCC=C(C)C)cc1. The van der Waals surface area contributed by atoms with Crippen LogP contribution in [-0.2, 0) is 16.1 Å². The van der Waals surface area contributed by atoms with Crippen LogP contribution >= 0.6 is 0 Å². The number of hydrogen-bond donors (Lipinski definition) is 0. The molecule has 0 amide bonds. The summed E-state index contributed by atoms with van der Waals surface area (Å²) in [5.74, 6) is 0.835. The summed E-state index contributed by atoms with van der Waals surface area (Å²) in [4.78, 5) is 10.7. The molecule has 0 saturated carbocycles. The Morgan fingerprint density at radius 1 is 1.19 bits per heavy atom. The molecule has 0 aliphatic heterocycles. The van der Waals surface area contributed by atoms with Gasteiger partial charge >= 0.3 is 0 Å². The topological polar surface area (TPSA) is 35.5 Å². The lowest BCUT2D eigenvalue weighted by Crippen LogP contribution is -2.00. The molecule has 0 radical (unpaired) electrons. The first-order valence-corrected chi connectivity index (χ1v) is 7.13. The second kappa shape index (κ2) is 9.94. The summed E-state index contributed by atoms with van der Waals surface area (Å²) in [6, 6.07) is 7.78. The van der Waals surface area contributed by atoms with Crippen LogP contribution in [0.4, 0.5) is 0 Å². The van der Waals surface area contributed by atoms with Crippen LogP contribution in [-0.4, -0.2) is 20.0 Å². The van der Waals surface area contributed by atoms with Gasteiger partial charge in [-0.15, -0.1) is 0 Å². The molecular weight excluding hydrogens is 264 g/mol. The van der Waals surface area contributed by atoms with E-state index in [0.29, 0.717) is 13.2 Å². The molecule has 0 N–H and O–H groups in total. The Labute approximate surface area is 127 Å². The zero-order valence-electron chi connectivity index (χ0n) is 13.1. The van der Waals surface area contributed by atoms with Crippen molar-refractivity contribution in [3.8, 4) is 5.75 Å². The van der Waals surface area contributed by atoms with E-state index >= 15 is 0 Å². The lowest BCUT2D eigenvalue weighted by atomic mass is 10.1. The average Bonchev–Trinajstić information content (AvgIpc) is 2.47. The maximum absolute atomic E-state index is 10.7. The van der Waals surface area contributed by atoms with E-state index in [0.717, 1.165) is 36.0 Å². The third-order valence-corrected chi connectivity index (χ3v) is 3.04. The van der Waals surface area contributed by atoms with Gasteiger partial charge < -0.3 is 9.47 Å². The Morgan fingerprint density at radius 2 is 1.90 bits per heavy atom. The maximum Gasteiger partial charge on any atom is 0.142 e. The fourth-order valence-electron chi connectivity index (χ4n) is 1.87. The highest BCUT2D eigenvalue weighted by Crippen LogP contribution is 2.13. The average molecular weight is 288 g/mol. The summed E-state index contributed by atoms with van der Waals surface area (Å²) in [6.45, 7) is 5.16. The van der Waals surface area contributed by atoms with Crippen LogP contribution in [0.1, 0.15) is 32.3 Å². The van der Waals surface area contributed by atoms with Gasteiger partial charge in [0.1, 0.15) is 12.0 Å². The van der Waals surface area contributed by atoms with Gasteiger partial charge in [-0.1, -0.05) is 23.8 Å². The molecule has 0 atom stereocenters. The summed E-state index contributed by atoms with van der Waals surface area (Å²) >= 11 is 0. The molecule has 0 aromatic heterocycles. The first-order chi connectivity index (χ1) is 10.2. The Balaban J connectivity index is 2.40. The second-order valence-corrected chi connectivity index (χ2v) is 5.12. The molecule has 114 valence electrons. The molecule has 1 aromatic rings. The van der Waals surface area contributed by atoms with Crippen molar-refractivity contribution in [3.05, 3.63) is 53.1 Å². The third-order valence-electron chi connectivity index (χ3n) is 3.04. The van der Waals surface area contributed by atoms with Crippen molar-refractivity contribution in [1.29, 1.82) is 0 Å². The molecule has 0 heterocycles. The molecular formula is C18H24O3. The monoisotopic (exact) mass is 288 g/mol. The first-order valence-electron chi connectivity index (χ1n) is 7.13. The second-order valence-electron chi connectivity index (χ2n) is 5.12. The lowest BCUT2D eigenvalue weighted by molar-refractivity contribution is -0.104. The predicted molar refractivity (Wildman–Crippen MR) is 85.5 cm³/mol. The van der Waals surface area contributed by atoms with Crippen molar-refractivity contribution in [1.82, 2.24) is 0 Å². The van der Waals surface area contributed by atoms with Crippen molar-refractivity contribution < 1.29 is 14.3 Å². The van der Waals surface area contributed by atoms with Crippen molar-refractivity contribution in [2.24, 2.45) is 0 Å². The van der Waals surface area contributed by atoms with Crippen LogP contribution in [0.2, 0.25) is 0 Å². The number of methoxy groups -OCH3 is 1. The summed E-state index contributed by atoms with van der Waals surface area (Å²) in [5, 5.41) is 0. The number of aldehydes is 1. The molecule has 21 heavy (non-hydrogen) atoms. The number of hydrogen-bond acceptors (Lipinski definition) is 3. The fraction of sp³-hybridized carbons (Fsp3) is 0.389. The highest BCUT2D eigenvalue weighted by atomic mass is 16.5. The standard InChI is InChI=1S/C18H24O3/c1-15(2)5-4-6-16(11-12-19)13-21-14-17-7-9-18(20-3)10-8-17/h5,7-12H,4,6,13-14H2,1-3H3/b16-11-. The lowest BCUT2D eigenvalue weighted by Gasteiger charge is -2.08. The Morgan fingerprint density at radius 3 is 2.48 bits per heavy atom. The quantitative estimate of drug-likeness (QED) is 0.390. The van der Waals surface area contributed by atoms with E-state index in [1.54, 1.807) is 13.2 Å². The molecule has 0 fully saturated rings. The van der Waals surface area contributed by atoms with E-state index in [1.807, 2.05) is 24.3 Å². The van der Waals surface area contributed by atoms with Crippen molar-refractivity contribution in [2.45, 2.75) is 33.3 Å². The van der Waals surface area contributed by atoms with Gasteiger partial charge in [-0.3, -0.25) is 4.79 Å². The summed E-state index contributed by atoms with van der Waals surface area (Å²) in [6.07, 6.45) is 6.39. The molecule has 1 aromatic carbocycles. The van der Waals surface area contributed by atoms with Crippen LogP contribution in [0.15, 0.2) is 47.6 Å². The van der Waals surface area contributed by atoms with Gasteiger partial charge in [-0.05, 0) is 56.0 Å². The molecule has 1 rings (SSSR count). The largest absolute Gasteiger partial charge is 0.497 e. The van der Waals surface area contributed by atoms with E-state index in [1.165, 1.54) is 5.57 Å². The fourth-order valence-corrected chi connectivity index (χ4v) is 1.87. The minimum Gasteiger partial charge on any atom is -0.497 e. The number of benzene rings is 1. The molecule has 0 aliphatic rings. The predicted octanol–water partition coefficient (Wildman–Crippen LogP) is 4.08. The number of allylic oxidation sites excluding steroid dienone is 3. The number of rotatable bonds is 9. The molecule has 0 aliphatic carbocycles. The van der Waals surface area contributed by atoms with E-state index in [-0.39, 0.29) is 0 Å². The van der Waals surface area contributed by atoms with Gasteiger partial charge in [0.25, 0.3) is 0 Å². The summed E-state index contributed by atoms with van der Waals surface area (Å²) in [5.41, 5.74) is 3.40. The molecule has 0 unspecified atom stereocenters. The van der Waals surface area contributed by atoms with Crippen LogP contribution in [0.3, 0.4) is 0 Å². The highest BCUT2D eigenvalue weighted by molar-refractivity contribution is 5.66. The minimum absolute atomic E-state index is 0.487. The zero-order chi connectivity index (χ0) is 15.5. The Kier molecular flexibility index (Phi) is 8.14. The Hall–Kier alpha value is -1.87. The van der Waals surface area contributed by atoms with Crippen molar-refractivity contribution >= 4 is 6.29 Å². The van der Waals surface area contributed by atoms with Crippen molar-refractivity contribution in [2.75, 3.05) is 13.7 Å². The van der Waals surface area contributed by atoms with E-state index in [9.17, 15) is 4.79 Å². The van der Waals surface area contributed by atoms with Gasteiger partial charge in [0.15, 0.2) is 0 Å². The summed E-state index contributed by atoms with van der Waals surface area (Å²) < 4.78 is 10.8. The van der Waals surface area contributed by atoms with Crippen molar-refractivity contribution in [3.63, 3.8) is 0 Å². The highest BCUT2D eigenvalue weighted by Gasteiger charge is 1.99. The van der Waals surface area contributed by atoms with E-state index in [2.05, 4.69) is 19.9 Å². The number of carbonyl (C=O) groups excluding carboxylic acids is 1. The molecule has 0 bridgehead atoms. The minimum atomic E-state index is 0.487. The first kappa shape index (κ1) is 17.2. The van der Waals surface area contributed by atoms with Gasteiger partial charge in [0.05, 0.1) is 20.3 Å². The molecule has 0 spiro atoms. The van der Waals surface area contributed by atoms with Gasteiger partial charge in [0, 0.05) is 0 Å². The third kappa shape index (κ3) is 7.47.